The maximum atomic E-state index is 13.0. The van der Waals surface area contributed by atoms with E-state index in [0.717, 1.165) is 54.0 Å². The van der Waals surface area contributed by atoms with E-state index < -0.39 is 0 Å². The van der Waals surface area contributed by atoms with Gasteiger partial charge in [0.1, 0.15) is 5.75 Å². The minimum atomic E-state index is 0.0679. The molecule has 3 aromatic rings. The summed E-state index contributed by atoms with van der Waals surface area (Å²) in [4.78, 5) is 27.0. The molecular weight excluding hydrogens is 328 g/mol. The van der Waals surface area contributed by atoms with Crippen molar-refractivity contribution in [3.05, 3.63) is 53.7 Å². The second kappa shape index (κ2) is 6.78. The first-order valence-electron chi connectivity index (χ1n) is 8.88. The molecule has 2 aromatic heterocycles. The second-order valence-corrected chi connectivity index (χ2v) is 6.77. The van der Waals surface area contributed by atoms with Gasteiger partial charge in [0.2, 0.25) is 0 Å². The highest BCUT2D eigenvalue weighted by atomic mass is 16.5. The number of H-pyrrole nitrogens is 1. The summed E-state index contributed by atoms with van der Waals surface area (Å²) in [6.45, 7) is 3.42. The highest BCUT2D eigenvalue weighted by molar-refractivity contribution is 6.07. The van der Waals surface area contributed by atoms with Gasteiger partial charge in [-0.1, -0.05) is 0 Å². The molecule has 1 saturated heterocycles. The molecule has 1 aromatic carbocycles. The third-order valence-electron chi connectivity index (χ3n) is 5.09. The maximum absolute atomic E-state index is 13.0. The van der Waals surface area contributed by atoms with Crippen LogP contribution in [0.5, 0.6) is 5.75 Å². The number of aromatic amines is 1. The van der Waals surface area contributed by atoms with Gasteiger partial charge in [-0.3, -0.25) is 14.8 Å². The molecule has 6 heteroatoms. The zero-order valence-corrected chi connectivity index (χ0v) is 15.0. The Hall–Kier alpha value is -2.89. The SMILES string of the molecule is COc1ccc2[nH]cc(C(=O)N3CCC(c4cncc(C)n4)CC3)c2c1. The lowest BCUT2D eigenvalue weighted by molar-refractivity contribution is 0.0714. The van der Waals surface area contributed by atoms with Gasteiger partial charge < -0.3 is 14.6 Å². The normalized spacial score (nSPS) is 15.4. The van der Waals surface area contributed by atoms with E-state index in [1.54, 1.807) is 19.5 Å². The molecule has 0 unspecified atom stereocenters. The first-order valence-corrected chi connectivity index (χ1v) is 8.88. The predicted molar refractivity (Wildman–Crippen MR) is 99.5 cm³/mol. The lowest BCUT2D eigenvalue weighted by Gasteiger charge is -2.31. The van der Waals surface area contributed by atoms with E-state index in [2.05, 4.69) is 15.0 Å². The molecule has 0 bridgehead atoms. The van der Waals surface area contributed by atoms with Crippen molar-refractivity contribution in [2.45, 2.75) is 25.7 Å². The minimum absolute atomic E-state index is 0.0679. The summed E-state index contributed by atoms with van der Waals surface area (Å²) in [6.07, 6.45) is 7.24. The third-order valence-corrected chi connectivity index (χ3v) is 5.09. The first kappa shape index (κ1) is 16.6. The highest BCUT2D eigenvalue weighted by Gasteiger charge is 2.27. The number of carbonyl (C=O) groups is 1. The monoisotopic (exact) mass is 350 g/mol. The molecule has 1 aliphatic heterocycles. The number of amides is 1. The number of nitrogens with zero attached hydrogens (tertiary/aromatic N) is 3. The maximum Gasteiger partial charge on any atom is 0.256 e. The largest absolute Gasteiger partial charge is 0.497 e. The molecule has 6 nitrogen and oxygen atoms in total. The molecule has 0 radical (unpaired) electrons. The molecule has 0 aliphatic carbocycles. The van der Waals surface area contributed by atoms with E-state index in [0.29, 0.717) is 11.5 Å². The zero-order chi connectivity index (χ0) is 18.1. The van der Waals surface area contributed by atoms with E-state index >= 15 is 0 Å². The molecule has 26 heavy (non-hydrogen) atoms. The molecule has 3 heterocycles. The van der Waals surface area contributed by atoms with Crippen LogP contribution in [0.15, 0.2) is 36.8 Å². The van der Waals surface area contributed by atoms with Crippen molar-refractivity contribution >= 4 is 16.8 Å². The van der Waals surface area contributed by atoms with Crippen molar-refractivity contribution < 1.29 is 9.53 Å². The number of benzene rings is 1. The Morgan fingerprint density at radius 3 is 2.81 bits per heavy atom. The molecule has 0 atom stereocenters. The fourth-order valence-corrected chi connectivity index (χ4v) is 3.63. The Balaban J connectivity index is 1.50. The van der Waals surface area contributed by atoms with E-state index in [4.69, 9.17) is 4.74 Å². The van der Waals surface area contributed by atoms with Gasteiger partial charge in [0.05, 0.1) is 24.1 Å². The van der Waals surface area contributed by atoms with Crippen LogP contribution in [0.1, 0.15) is 40.5 Å². The third kappa shape index (κ3) is 3.03. The number of likely N-dealkylation sites (tertiary alicyclic amines) is 1. The highest BCUT2D eigenvalue weighted by Crippen LogP contribution is 2.29. The molecular formula is C20H22N4O2. The molecule has 4 rings (SSSR count). The average molecular weight is 350 g/mol. The number of piperidine rings is 1. The lowest BCUT2D eigenvalue weighted by atomic mass is 9.93. The molecule has 1 amide bonds. The second-order valence-electron chi connectivity index (χ2n) is 6.77. The predicted octanol–water partition coefficient (Wildman–Crippen LogP) is 3.29. The minimum Gasteiger partial charge on any atom is -0.497 e. The summed E-state index contributed by atoms with van der Waals surface area (Å²) in [5.74, 6) is 1.19. The number of fused-ring (bicyclic) bond motifs is 1. The van der Waals surface area contributed by atoms with Crippen LogP contribution in [-0.2, 0) is 0 Å². The standard InChI is InChI=1S/C20H22N4O2/c1-13-10-21-12-19(23-13)14-5-7-24(8-6-14)20(25)17-11-22-18-4-3-15(26-2)9-16(17)18/h3-4,9-12,14,22H,5-8H2,1-2H3. The lowest BCUT2D eigenvalue weighted by Crippen LogP contribution is -2.38. The van der Waals surface area contributed by atoms with Gasteiger partial charge in [-0.2, -0.15) is 0 Å². The Labute approximate surface area is 152 Å². The Morgan fingerprint density at radius 2 is 2.08 bits per heavy atom. The molecule has 134 valence electrons. The Kier molecular flexibility index (Phi) is 4.32. The number of hydrogen-bond donors (Lipinski definition) is 1. The Bertz CT molecular complexity index is 942. The number of carbonyl (C=O) groups excluding carboxylic acids is 1. The molecule has 1 N–H and O–H groups in total. The average Bonchev–Trinajstić information content (AvgIpc) is 3.10. The smallest absolute Gasteiger partial charge is 0.256 e. The van der Waals surface area contributed by atoms with Crippen molar-refractivity contribution in [1.82, 2.24) is 19.9 Å². The van der Waals surface area contributed by atoms with Gasteiger partial charge in [-0.25, -0.2) is 0 Å². The summed E-state index contributed by atoms with van der Waals surface area (Å²) in [5, 5.41) is 0.904. The summed E-state index contributed by atoms with van der Waals surface area (Å²) < 4.78 is 5.29. The van der Waals surface area contributed by atoms with E-state index in [9.17, 15) is 4.79 Å². The van der Waals surface area contributed by atoms with E-state index in [1.807, 2.05) is 36.2 Å². The molecule has 1 fully saturated rings. The number of rotatable bonds is 3. The van der Waals surface area contributed by atoms with Crippen molar-refractivity contribution in [2.75, 3.05) is 20.2 Å². The van der Waals surface area contributed by atoms with Crippen LogP contribution in [-0.4, -0.2) is 46.0 Å². The quantitative estimate of drug-likeness (QED) is 0.787. The zero-order valence-electron chi connectivity index (χ0n) is 15.0. The van der Waals surface area contributed by atoms with Crippen LogP contribution in [0.3, 0.4) is 0 Å². The van der Waals surface area contributed by atoms with E-state index in [-0.39, 0.29) is 5.91 Å². The number of nitrogens with one attached hydrogen (secondary N) is 1. The first-order chi connectivity index (χ1) is 12.7. The van der Waals surface area contributed by atoms with Gasteiger partial charge in [0.15, 0.2) is 0 Å². The van der Waals surface area contributed by atoms with Crippen LogP contribution in [0.2, 0.25) is 0 Å². The van der Waals surface area contributed by atoms with Gasteiger partial charge in [-0.05, 0) is 38.0 Å². The number of hydrogen-bond acceptors (Lipinski definition) is 4. The molecule has 1 aliphatic rings. The fraction of sp³-hybridized carbons (Fsp3) is 0.350. The summed E-state index contributed by atoms with van der Waals surface area (Å²) in [7, 11) is 1.63. The fourth-order valence-electron chi connectivity index (χ4n) is 3.63. The van der Waals surface area contributed by atoms with Crippen LogP contribution >= 0.6 is 0 Å². The van der Waals surface area contributed by atoms with Gasteiger partial charge in [-0.15, -0.1) is 0 Å². The van der Waals surface area contributed by atoms with Crippen LogP contribution in [0.4, 0.5) is 0 Å². The van der Waals surface area contributed by atoms with Crippen LogP contribution < -0.4 is 4.74 Å². The number of aryl methyl sites for hydroxylation is 1. The number of ether oxygens (including phenoxy) is 1. The van der Waals surface area contributed by atoms with Crippen molar-refractivity contribution in [3.63, 3.8) is 0 Å². The van der Waals surface area contributed by atoms with Gasteiger partial charge in [0, 0.05) is 48.5 Å². The van der Waals surface area contributed by atoms with Crippen LogP contribution in [0.25, 0.3) is 10.9 Å². The van der Waals surface area contributed by atoms with Crippen molar-refractivity contribution in [3.8, 4) is 5.75 Å². The number of methoxy groups -OCH3 is 1. The topological polar surface area (TPSA) is 71.1 Å². The van der Waals surface area contributed by atoms with Crippen molar-refractivity contribution in [2.24, 2.45) is 0 Å². The molecule has 0 spiro atoms. The Morgan fingerprint density at radius 1 is 1.27 bits per heavy atom. The van der Waals surface area contributed by atoms with Gasteiger partial charge in [0.25, 0.3) is 5.91 Å². The summed E-state index contributed by atoms with van der Waals surface area (Å²) >= 11 is 0. The molecule has 0 saturated carbocycles. The van der Waals surface area contributed by atoms with E-state index in [1.165, 1.54) is 0 Å². The van der Waals surface area contributed by atoms with Gasteiger partial charge >= 0.3 is 0 Å². The summed E-state index contributed by atoms with van der Waals surface area (Å²) in [5.41, 5.74) is 3.62. The number of aromatic nitrogens is 3. The van der Waals surface area contributed by atoms with Crippen LogP contribution in [0, 0.1) is 6.92 Å². The summed E-state index contributed by atoms with van der Waals surface area (Å²) in [6, 6.07) is 5.74. The van der Waals surface area contributed by atoms with Crippen molar-refractivity contribution in [1.29, 1.82) is 0 Å².